The Labute approximate surface area is 156 Å². The van der Waals surface area contributed by atoms with Crippen LogP contribution in [0.15, 0.2) is 12.2 Å². The van der Waals surface area contributed by atoms with Gasteiger partial charge in [0.05, 0.1) is 6.42 Å². The normalized spacial score (nSPS) is 18.6. The molecule has 1 aliphatic rings. The highest BCUT2D eigenvalue weighted by molar-refractivity contribution is 5.87. The molecule has 11 heteroatoms. The molecule has 0 aromatic rings. The van der Waals surface area contributed by atoms with Crippen LogP contribution < -0.4 is 0 Å². The van der Waals surface area contributed by atoms with Crippen molar-refractivity contribution in [3.8, 4) is 0 Å². The number of hydrogen-bond acceptors (Lipinski definition) is 2. The summed E-state index contributed by atoms with van der Waals surface area (Å²) in [6, 6.07) is 0. The van der Waals surface area contributed by atoms with E-state index in [1.54, 1.807) is 0 Å². The number of carbonyl (C=O) groups excluding carboxylic acids is 1. The predicted molar refractivity (Wildman–Crippen MR) is 81.4 cm³/mol. The van der Waals surface area contributed by atoms with Crippen molar-refractivity contribution < 1.29 is 49.0 Å². The summed E-state index contributed by atoms with van der Waals surface area (Å²) >= 11 is 0. The van der Waals surface area contributed by atoms with Gasteiger partial charge in [-0.3, -0.25) is 0 Å². The molecular weight excluding hydrogens is 407 g/mol. The smallest absolute Gasteiger partial charge is 0.459 e. The highest BCUT2D eigenvalue weighted by atomic mass is 19.4. The Balaban J connectivity index is 3.08. The minimum atomic E-state index is -6.96. The number of alkyl halides is 9. The third kappa shape index (κ3) is 5.34. The van der Waals surface area contributed by atoms with Crippen molar-refractivity contribution in [1.82, 2.24) is 0 Å². The first-order chi connectivity index (χ1) is 12.5. The average molecular weight is 428 g/mol. The van der Waals surface area contributed by atoms with Gasteiger partial charge in [0.2, 0.25) is 0 Å². The number of halogens is 9. The Morgan fingerprint density at radius 2 is 1.46 bits per heavy atom. The topological polar surface area (TPSA) is 26.3 Å². The highest BCUT2D eigenvalue weighted by Crippen LogP contribution is 2.54. The van der Waals surface area contributed by atoms with Crippen LogP contribution in [0, 0.1) is 5.92 Å². The molecule has 1 atom stereocenters. The second kappa shape index (κ2) is 8.52. The van der Waals surface area contributed by atoms with E-state index in [4.69, 9.17) is 0 Å². The van der Waals surface area contributed by atoms with E-state index in [2.05, 4.69) is 11.3 Å². The number of hydrogen-bond donors (Lipinski definition) is 0. The van der Waals surface area contributed by atoms with Crippen LogP contribution in [0.3, 0.4) is 0 Å². The van der Waals surface area contributed by atoms with E-state index in [0.29, 0.717) is 25.7 Å². The van der Waals surface area contributed by atoms with E-state index in [0.717, 1.165) is 13.3 Å². The van der Waals surface area contributed by atoms with E-state index in [1.807, 2.05) is 0 Å². The van der Waals surface area contributed by atoms with Crippen molar-refractivity contribution in [2.75, 3.05) is 0 Å². The molecule has 0 bridgehead atoms. The highest BCUT2D eigenvalue weighted by Gasteiger charge is 2.81. The van der Waals surface area contributed by atoms with Crippen molar-refractivity contribution in [3.63, 3.8) is 0 Å². The maximum absolute atomic E-state index is 13.9. The second-order valence-electron chi connectivity index (χ2n) is 7.10. The largest absolute Gasteiger partial charge is 0.460 e. The molecule has 0 aromatic carbocycles. The van der Waals surface area contributed by atoms with Gasteiger partial charge in [-0.05, 0) is 19.3 Å². The van der Waals surface area contributed by atoms with Crippen molar-refractivity contribution in [2.45, 2.75) is 81.9 Å². The Morgan fingerprint density at radius 1 is 0.964 bits per heavy atom. The Hall–Kier alpha value is -1.42. The lowest BCUT2D eigenvalue weighted by molar-refractivity contribution is -0.398. The first-order valence-corrected chi connectivity index (χ1v) is 8.59. The van der Waals surface area contributed by atoms with E-state index in [9.17, 15) is 44.3 Å². The van der Waals surface area contributed by atoms with Gasteiger partial charge in [0.15, 0.2) is 0 Å². The number of rotatable bonds is 8. The van der Waals surface area contributed by atoms with Gasteiger partial charge in [-0.25, -0.2) is 4.79 Å². The minimum absolute atomic E-state index is 0.260. The molecule has 2 nitrogen and oxygen atoms in total. The van der Waals surface area contributed by atoms with Crippen LogP contribution in [0.25, 0.3) is 0 Å². The molecule has 0 amide bonds. The summed E-state index contributed by atoms with van der Waals surface area (Å²) in [5.41, 5.74) is -0.260. The molecule has 0 N–H and O–H groups in total. The molecule has 164 valence electrons. The van der Waals surface area contributed by atoms with Crippen molar-refractivity contribution in [1.29, 1.82) is 0 Å². The van der Waals surface area contributed by atoms with Crippen LogP contribution in [0.5, 0.6) is 0 Å². The molecule has 1 aliphatic carbocycles. The molecule has 1 fully saturated rings. The van der Waals surface area contributed by atoms with Crippen LogP contribution in [-0.4, -0.2) is 36.0 Å². The summed E-state index contributed by atoms with van der Waals surface area (Å²) in [7, 11) is 0. The van der Waals surface area contributed by atoms with Gasteiger partial charge >= 0.3 is 29.9 Å². The number of carbonyl (C=O) groups is 1. The zero-order chi connectivity index (χ0) is 22.0. The summed E-state index contributed by atoms with van der Waals surface area (Å²) in [5.74, 6) is -21.0. The molecule has 0 saturated heterocycles. The van der Waals surface area contributed by atoms with Crippen molar-refractivity contribution >= 4 is 5.97 Å². The van der Waals surface area contributed by atoms with Gasteiger partial charge in [0, 0.05) is 5.57 Å². The molecule has 0 heterocycles. The zero-order valence-electron chi connectivity index (χ0n) is 15.0. The van der Waals surface area contributed by atoms with Gasteiger partial charge in [-0.2, -0.15) is 39.5 Å². The fourth-order valence-corrected chi connectivity index (χ4v) is 3.04. The van der Waals surface area contributed by atoms with E-state index in [1.165, 1.54) is 0 Å². The molecule has 0 aliphatic heterocycles. The van der Waals surface area contributed by atoms with Gasteiger partial charge in [0.1, 0.15) is 6.10 Å². The third-order valence-electron chi connectivity index (χ3n) is 4.64. The van der Waals surface area contributed by atoms with Gasteiger partial charge in [-0.1, -0.05) is 38.7 Å². The first kappa shape index (κ1) is 24.6. The molecule has 0 aromatic heterocycles. The lowest BCUT2D eigenvalue weighted by Crippen LogP contribution is -2.61. The van der Waals surface area contributed by atoms with E-state index < -0.39 is 42.4 Å². The lowest BCUT2D eigenvalue weighted by Gasteiger charge is -2.36. The fraction of sp³-hybridized carbons (Fsp3) is 0.824. The maximum atomic E-state index is 13.9. The quantitative estimate of drug-likeness (QED) is 0.258. The monoisotopic (exact) mass is 428 g/mol. The summed E-state index contributed by atoms with van der Waals surface area (Å²) in [6.45, 7) is 4.34. The van der Waals surface area contributed by atoms with E-state index >= 15 is 0 Å². The predicted octanol–water partition coefficient (Wildman–Crippen LogP) is 6.30. The third-order valence-corrected chi connectivity index (χ3v) is 4.64. The zero-order valence-corrected chi connectivity index (χ0v) is 15.0. The minimum Gasteiger partial charge on any atom is -0.459 e. The SMILES string of the molecule is C=C(C)C(=O)OC(CC1CCCCC1)CC(F)(F)C(F)(F)C(F)(F)C(F)(F)F. The van der Waals surface area contributed by atoms with Crippen LogP contribution in [0.2, 0.25) is 0 Å². The average Bonchev–Trinajstić information content (AvgIpc) is 2.53. The lowest BCUT2D eigenvalue weighted by atomic mass is 9.83. The van der Waals surface area contributed by atoms with Gasteiger partial charge < -0.3 is 4.74 Å². The Kier molecular flexibility index (Phi) is 7.49. The summed E-state index contributed by atoms with van der Waals surface area (Å²) in [4.78, 5) is 11.6. The van der Waals surface area contributed by atoms with Gasteiger partial charge in [0.25, 0.3) is 0 Å². The molecule has 1 saturated carbocycles. The molecule has 0 radical (unpaired) electrons. The molecule has 1 unspecified atom stereocenters. The Bertz CT molecular complexity index is 563. The van der Waals surface area contributed by atoms with E-state index in [-0.39, 0.29) is 17.9 Å². The Morgan fingerprint density at radius 3 is 1.89 bits per heavy atom. The summed E-state index contributed by atoms with van der Waals surface area (Å²) in [5, 5.41) is 0. The number of ether oxygens (including phenoxy) is 1. The molecule has 0 spiro atoms. The molecule has 28 heavy (non-hydrogen) atoms. The van der Waals surface area contributed by atoms with Crippen LogP contribution in [0.4, 0.5) is 39.5 Å². The summed E-state index contributed by atoms with van der Waals surface area (Å²) in [6.07, 6.45) is -8.04. The fourth-order valence-electron chi connectivity index (χ4n) is 3.04. The van der Waals surface area contributed by atoms with Crippen LogP contribution >= 0.6 is 0 Å². The first-order valence-electron chi connectivity index (χ1n) is 8.59. The number of esters is 1. The van der Waals surface area contributed by atoms with Gasteiger partial charge in [-0.15, -0.1) is 0 Å². The van der Waals surface area contributed by atoms with Crippen LogP contribution in [0.1, 0.15) is 51.9 Å². The van der Waals surface area contributed by atoms with Crippen LogP contribution in [-0.2, 0) is 9.53 Å². The second-order valence-corrected chi connectivity index (χ2v) is 7.10. The van der Waals surface area contributed by atoms with Crippen molar-refractivity contribution in [2.24, 2.45) is 5.92 Å². The summed E-state index contributed by atoms with van der Waals surface area (Å²) < 4.78 is 122. The van der Waals surface area contributed by atoms with Crippen molar-refractivity contribution in [3.05, 3.63) is 12.2 Å². The maximum Gasteiger partial charge on any atom is 0.460 e. The molecule has 1 rings (SSSR count). The molecular formula is C17H21F9O2. The standard InChI is InChI=1S/C17H21F9O2/c1-10(2)13(27)28-12(8-11-6-4-3-5-7-11)9-14(18,19)15(20,21)16(22,23)17(24,25)26/h11-12H,1,3-9H2,2H3.